The van der Waals surface area contributed by atoms with E-state index in [4.69, 9.17) is 21.4 Å². The van der Waals surface area contributed by atoms with E-state index in [9.17, 15) is 9.59 Å². The number of benzene rings is 1. The van der Waals surface area contributed by atoms with E-state index < -0.39 is 5.97 Å². The van der Waals surface area contributed by atoms with Crippen LogP contribution in [0.2, 0.25) is 5.02 Å². The van der Waals surface area contributed by atoms with Gasteiger partial charge in [-0.15, -0.1) is 0 Å². The number of nitrogens with zero attached hydrogens (tertiary/aromatic N) is 1. The zero-order valence-corrected chi connectivity index (χ0v) is 13.6. The van der Waals surface area contributed by atoms with Gasteiger partial charge in [-0.05, 0) is 36.0 Å². The fourth-order valence-corrected chi connectivity index (χ4v) is 2.70. The molecule has 0 fully saturated rings. The van der Waals surface area contributed by atoms with Crippen LogP contribution in [0, 0.1) is 0 Å². The molecular formula is C15H14ClN2NaO4S. The number of thioether (sulfide) groups is 1. The molecule has 0 amide bonds. The summed E-state index contributed by atoms with van der Waals surface area (Å²) in [6.45, 7) is -0.0101. The fraction of sp³-hybridized carbons (Fsp3) is 0.133. The number of aromatic carboxylic acids is 1. The Morgan fingerprint density at radius 1 is 1.38 bits per heavy atom. The molecule has 0 spiro atoms. The first-order valence-electron chi connectivity index (χ1n) is 6.47. The number of rotatable bonds is 6. The number of carbonyl (C=O) groups is 2. The fourth-order valence-electron chi connectivity index (χ4n) is 1.74. The molecule has 1 heterocycles. The second-order valence-electron chi connectivity index (χ2n) is 4.37. The summed E-state index contributed by atoms with van der Waals surface area (Å²) in [7, 11) is 1.52. The van der Waals surface area contributed by atoms with E-state index in [1.807, 2.05) is 0 Å². The second kappa shape index (κ2) is 9.90. The molecule has 6 nitrogen and oxygen atoms in total. The molecule has 1 aromatic heterocycles. The number of carboxylic acids is 1. The molecule has 0 aliphatic heterocycles. The molecule has 0 radical (unpaired) electrons. The zero-order chi connectivity index (χ0) is 16.8. The molecular weight excluding hydrogens is 363 g/mol. The van der Waals surface area contributed by atoms with Crippen molar-refractivity contribution in [3.63, 3.8) is 0 Å². The summed E-state index contributed by atoms with van der Waals surface area (Å²) >= 11 is 6.72. The Labute approximate surface area is 170 Å². The molecule has 9 heteroatoms. The van der Waals surface area contributed by atoms with Crippen LogP contribution in [-0.2, 0) is 4.79 Å². The maximum absolute atomic E-state index is 12.0. The Kier molecular flexibility index (Phi) is 8.58. The average Bonchev–Trinajstić information content (AvgIpc) is 2.52. The van der Waals surface area contributed by atoms with E-state index in [1.165, 1.54) is 25.4 Å². The summed E-state index contributed by atoms with van der Waals surface area (Å²) in [6, 6.07) is 7.92. The van der Waals surface area contributed by atoms with Crippen LogP contribution >= 0.6 is 23.4 Å². The van der Waals surface area contributed by atoms with Gasteiger partial charge in [-0.2, -0.15) is 0 Å². The number of carbonyl (C=O) groups excluding carboxylic acids is 1. The van der Waals surface area contributed by atoms with Crippen LogP contribution in [0.1, 0.15) is 10.4 Å². The third-order valence-electron chi connectivity index (χ3n) is 2.76. The van der Waals surface area contributed by atoms with Crippen molar-refractivity contribution in [1.29, 1.82) is 0 Å². The molecule has 2 aromatic rings. The van der Waals surface area contributed by atoms with Gasteiger partial charge in [-0.1, -0.05) is 11.6 Å². The van der Waals surface area contributed by atoms with Crippen LogP contribution in [0.15, 0.2) is 41.6 Å². The predicted octanol–water partition coefficient (Wildman–Crippen LogP) is 2.52. The minimum absolute atomic E-state index is 0. The van der Waals surface area contributed by atoms with E-state index in [0.29, 0.717) is 16.5 Å². The molecule has 0 atom stereocenters. The summed E-state index contributed by atoms with van der Waals surface area (Å²) in [5, 5.41) is 12.4. The van der Waals surface area contributed by atoms with Gasteiger partial charge in [0.25, 0.3) is 0 Å². The van der Waals surface area contributed by atoms with E-state index in [0.717, 1.165) is 11.8 Å². The van der Waals surface area contributed by atoms with Crippen LogP contribution in [0.3, 0.4) is 0 Å². The number of hydrogen-bond donors (Lipinski definition) is 2. The number of carboxylic acid groups (broad SMARTS) is 1. The average molecular weight is 377 g/mol. The number of pyridine rings is 1. The summed E-state index contributed by atoms with van der Waals surface area (Å²) in [4.78, 5) is 27.0. The summed E-state index contributed by atoms with van der Waals surface area (Å²) in [5.74, 6) is -0.557. The van der Waals surface area contributed by atoms with Crippen molar-refractivity contribution in [3.8, 4) is 5.75 Å². The number of nitrogens with one attached hydrogen (secondary N) is 1. The van der Waals surface area contributed by atoms with Gasteiger partial charge < -0.3 is 15.2 Å². The summed E-state index contributed by atoms with van der Waals surface area (Å²) in [5.41, 5.74) is 0.623. The Bertz CT molecular complexity index is 745. The molecule has 1 aromatic carbocycles. The monoisotopic (exact) mass is 376 g/mol. The van der Waals surface area contributed by atoms with Gasteiger partial charge in [0.15, 0.2) is 0 Å². The molecule has 0 bridgehead atoms. The van der Waals surface area contributed by atoms with E-state index in [1.54, 1.807) is 18.2 Å². The van der Waals surface area contributed by atoms with E-state index in [2.05, 4.69) is 10.3 Å². The molecule has 122 valence electrons. The standard InChI is InChI=1S/C15H13ClN2O4S.Na.H/c1-22-11-6-9(16)5-10(7-11)18-8-13(19)23-14-12(15(20)21)3-2-4-17-14;;/h2-7,18H,8H2,1H3,(H,20,21);;. The Morgan fingerprint density at radius 3 is 2.79 bits per heavy atom. The third kappa shape index (κ3) is 5.99. The Hall–Kier alpha value is -1.25. The van der Waals surface area contributed by atoms with Crippen molar-refractivity contribution in [3.05, 3.63) is 47.1 Å². The Morgan fingerprint density at radius 2 is 2.12 bits per heavy atom. The van der Waals surface area contributed by atoms with Gasteiger partial charge in [0.05, 0.1) is 19.2 Å². The molecule has 0 aliphatic rings. The molecule has 2 N–H and O–H groups in total. The quantitative estimate of drug-likeness (QED) is 0.591. The predicted molar refractivity (Wildman–Crippen MR) is 95.7 cm³/mol. The first kappa shape index (κ1) is 20.8. The topological polar surface area (TPSA) is 88.5 Å². The molecule has 0 saturated carbocycles. The van der Waals surface area contributed by atoms with Crippen LogP contribution < -0.4 is 10.1 Å². The minimum atomic E-state index is -1.12. The maximum atomic E-state index is 12.0. The molecule has 0 aliphatic carbocycles. The van der Waals surface area contributed by atoms with Gasteiger partial charge in [-0.25, -0.2) is 9.78 Å². The number of hydrogen-bond acceptors (Lipinski definition) is 6. The van der Waals surface area contributed by atoms with Crippen LogP contribution in [0.4, 0.5) is 5.69 Å². The Balaban J connectivity index is 0.00000288. The summed E-state index contributed by atoms with van der Waals surface area (Å²) < 4.78 is 5.09. The summed E-state index contributed by atoms with van der Waals surface area (Å²) in [6.07, 6.45) is 1.44. The van der Waals surface area contributed by atoms with Crippen LogP contribution in [0.5, 0.6) is 5.75 Å². The van der Waals surface area contributed by atoms with Crippen LogP contribution in [-0.4, -0.2) is 64.4 Å². The van der Waals surface area contributed by atoms with Gasteiger partial charge >= 0.3 is 35.5 Å². The van der Waals surface area contributed by atoms with Crippen molar-refractivity contribution < 1.29 is 19.4 Å². The van der Waals surface area contributed by atoms with Crippen molar-refractivity contribution >= 4 is 69.7 Å². The van der Waals surface area contributed by atoms with Gasteiger partial charge in [0.1, 0.15) is 10.8 Å². The normalized spacial score (nSPS) is 9.75. The zero-order valence-electron chi connectivity index (χ0n) is 12.1. The number of methoxy groups -OCH3 is 1. The van der Waals surface area contributed by atoms with E-state index >= 15 is 0 Å². The van der Waals surface area contributed by atoms with Crippen molar-refractivity contribution in [2.45, 2.75) is 5.03 Å². The first-order valence-corrected chi connectivity index (χ1v) is 7.66. The number of aromatic nitrogens is 1. The first-order chi connectivity index (χ1) is 11.0. The third-order valence-corrected chi connectivity index (χ3v) is 3.86. The van der Waals surface area contributed by atoms with Gasteiger partial charge in [0, 0.05) is 23.0 Å². The van der Waals surface area contributed by atoms with Crippen molar-refractivity contribution in [2.75, 3.05) is 19.0 Å². The molecule has 0 unspecified atom stereocenters. The number of ether oxygens (including phenoxy) is 1. The van der Waals surface area contributed by atoms with Crippen molar-refractivity contribution in [2.24, 2.45) is 0 Å². The number of anilines is 1. The second-order valence-corrected chi connectivity index (χ2v) is 5.85. The molecule has 2 rings (SSSR count). The number of halogens is 1. The molecule has 24 heavy (non-hydrogen) atoms. The SMILES string of the molecule is COc1cc(Cl)cc(NCC(=O)Sc2ncccc2C(=O)O)c1.[NaH]. The van der Waals surface area contributed by atoms with Gasteiger partial charge in [-0.3, -0.25) is 4.79 Å². The van der Waals surface area contributed by atoms with Crippen molar-refractivity contribution in [1.82, 2.24) is 4.98 Å². The molecule has 0 saturated heterocycles. The van der Waals surface area contributed by atoms with E-state index in [-0.39, 0.29) is 51.8 Å². The van der Waals surface area contributed by atoms with Crippen LogP contribution in [0.25, 0.3) is 0 Å². The van der Waals surface area contributed by atoms with Gasteiger partial charge in [0.2, 0.25) is 5.12 Å².